The third-order valence-electron chi connectivity index (χ3n) is 10.7. The van der Waals surface area contributed by atoms with Gasteiger partial charge in [-0.05, 0) is 76.9 Å². The minimum Gasteiger partial charge on any atom is -0.309 e. The first-order chi connectivity index (χ1) is 25.3. The first-order valence-corrected chi connectivity index (χ1v) is 17.6. The summed E-state index contributed by atoms with van der Waals surface area (Å²) in [5.41, 5.74) is 11.5. The number of aromatic nitrogens is 2. The third kappa shape index (κ3) is 4.43. The van der Waals surface area contributed by atoms with Crippen LogP contribution in [0, 0.1) is 0 Å². The summed E-state index contributed by atoms with van der Waals surface area (Å²) in [6.07, 6.45) is 0. The van der Waals surface area contributed by atoms with Gasteiger partial charge in [0.25, 0.3) is 0 Å². The second-order valence-electron chi connectivity index (χ2n) is 13.3. The van der Waals surface area contributed by atoms with Gasteiger partial charge < -0.3 is 9.13 Å². The molecule has 0 bridgehead atoms. The molecule has 0 spiro atoms. The highest BCUT2D eigenvalue weighted by molar-refractivity contribution is 6.12. The Labute approximate surface area is 297 Å². The number of hydrogen-bond acceptors (Lipinski definition) is 0. The van der Waals surface area contributed by atoms with E-state index in [1.54, 1.807) is 0 Å². The molecule has 0 unspecified atom stereocenters. The lowest BCUT2D eigenvalue weighted by atomic mass is 9.65. The lowest BCUT2D eigenvalue weighted by Gasteiger charge is -2.37. The quantitative estimate of drug-likeness (QED) is 0.159. The van der Waals surface area contributed by atoms with Crippen LogP contribution in [0.4, 0.5) is 0 Å². The number of para-hydroxylation sites is 3. The monoisotopic (exact) mass is 650 g/mol. The van der Waals surface area contributed by atoms with Crippen molar-refractivity contribution in [3.63, 3.8) is 0 Å². The molecule has 0 aliphatic rings. The van der Waals surface area contributed by atoms with E-state index in [1.165, 1.54) is 65.9 Å². The molecule has 240 valence electrons. The average molecular weight is 651 g/mol. The average Bonchev–Trinajstić information content (AvgIpc) is 3.72. The molecule has 0 saturated carbocycles. The summed E-state index contributed by atoms with van der Waals surface area (Å²) < 4.78 is 4.83. The maximum Gasteiger partial charge on any atom is 0.0701 e. The summed E-state index contributed by atoms with van der Waals surface area (Å²) >= 11 is 0. The fourth-order valence-corrected chi connectivity index (χ4v) is 8.50. The van der Waals surface area contributed by atoms with Gasteiger partial charge in [0.2, 0.25) is 0 Å². The van der Waals surface area contributed by atoms with E-state index in [4.69, 9.17) is 0 Å². The van der Waals surface area contributed by atoms with Crippen LogP contribution in [-0.4, -0.2) is 9.13 Å². The fourth-order valence-electron chi connectivity index (χ4n) is 8.50. The highest BCUT2D eigenvalue weighted by atomic mass is 15.0. The minimum atomic E-state index is -0.538. The van der Waals surface area contributed by atoms with Crippen molar-refractivity contribution in [1.29, 1.82) is 0 Å². The maximum atomic E-state index is 2.46. The van der Waals surface area contributed by atoms with Gasteiger partial charge in [-0.2, -0.15) is 0 Å². The lowest BCUT2D eigenvalue weighted by molar-refractivity contribution is 0.746. The van der Waals surface area contributed by atoms with E-state index in [0.717, 1.165) is 11.4 Å². The summed E-state index contributed by atoms with van der Waals surface area (Å²) in [5, 5.41) is 4.97. The molecule has 10 aromatic rings. The Morgan fingerprint density at radius 1 is 0.255 bits per heavy atom. The van der Waals surface area contributed by atoms with Crippen molar-refractivity contribution in [3.05, 3.63) is 229 Å². The van der Waals surface area contributed by atoms with Crippen molar-refractivity contribution in [2.24, 2.45) is 0 Å². The molecular formula is C49H34N2. The van der Waals surface area contributed by atoms with E-state index in [0.29, 0.717) is 0 Å². The Morgan fingerprint density at radius 3 is 1.18 bits per heavy atom. The van der Waals surface area contributed by atoms with Gasteiger partial charge in [-0.3, -0.25) is 0 Å². The number of nitrogens with zero attached hydrogens (tertiary/aromatic N) is 2. The Bertz CT molecular complexity index is 2680. The van der Waals surface area contributed by atoms with E-state index in [-0.39, 0.29) is 0 Å². The molecule has 0 atom stereocenters. The van der Waals surface area contributed by atoms with Gasteiger partial charge in [0.15, 0.2) is 0 Å². The molecule has 2 nitrogen and oxygen atoms in total. The van der Waals surface area contributed by atoms with Crippen LogP contribution in [0.3, 0.4) is 0 Å². The van der Waals surface area contributed by atoms with Gasteiger partial charge >= 0.3 is 0 Å². The Kier molecular flexibility index (Phi) is 6.75. The van der Waals surface area contributed by atoms with Gasteiger partial charge in [-0.15, -0.1) is 0 Å². The van der Waals surface area contributed by atoms with E-state index in [9.17, 15) is 0 Å². The number of hydrogen-bond donors (Lipinski definition) is 0. The second-order valence-corrected chi connectivity index (χ2v) is 13.3. The van der Waals surface area contributed by atoms with Gasteiger partial charge in [0.1, 0.15) is 0 Å². The number of benzene rings is 8. The Morgan fingerprint density at radius 2 is 0.647 bits per heavy atom. The molecule has 0 radical (unpaired) electrons. The zero-order valence-corrected chi connectivity index (χ0v) is 28.0. The summed E-state index contributed by atoms with van der Waals surface area (Å²) in [7, 11) is 0. The third-order valence-corrected chi connectivity index (χ3v) is 10.7. The van der Waals surface area contributed by atoms with Crippen LogP contribution in [0.25, 0.3) is 55.0 Å². The summed E-state index contributed by atoms with van der Waals surface area (Å²) in [6.45, 7) is 0. The molecule has 0 amide bonds. The predicted octanol–water partition coefficient (Wildman–Crippen LogP) is 12.3. The molecule has 51 heavy (non-hydrogen) atoms. The van der Waals surface area contributed by atoms with Gasteiger partial charge in [0, 0.05) is 32.9 Å². The topological polar surface area (TPSA) is 9.86 Å². The number of rotatable bonds is 6. The first kappa shape index (κ1) is 29.3. The summed E-state index contributed by atoms with van der Waals surface area (Å²) in [5.74, 6) is 0. The lowest BCUT2D eigenvalue weighted by Crippen LogP contribution is -2.30. The summed E-state index contributed by atoms with van der Waals surface area (Å²) in [4.78, 5) is 0. The van der Waals surface area contributed by atoms with Crippen LogP contribution < -0.4 is 0 Å². The maximum absolute atomic E-state index is 2.46. The van der Waals surface area contributed by atoms with E-state index in [1.807, 2.05) is 0 Å². The normalized spacial score (nSPS) is 11.9. The van der Waals surface area contributed by atoms with Gasteiger partial charge in [-0.1, -0.05) is 152 Å². The standard InChI is InChI=1S/C49H34N2/c1-5-17-35(18-6-1)49(36-19-7-2-8-20-36,37-21-9-3-10-22-37)38-29-31-47-43(33-38)44-34-40(30-32-48(44)50(47)39-23-11-4-12-24-39)51-45-27-15-13-25-41(45)42-26-14-16-28-46(42)51/h1-34H. The van der Waals surface area contributed by atoms with Crippen molar-refractivity contribution < 1.29 is 0 Å². The highest BCUT2D eigenvalue weighted by Crippen LogP contribution is 2.47. The predicted molar refractivity (Wildman–Crippen MR) is 213 cm³/mol. The molecule has 2 heteroatoms. The van der Waals surface area contributed by atoms with Gasteiger partial charge in [0.05, 0.1) is 27.5 Å². The molecule has 0 aliphatic carbocycles. The van der Waals surface area contributed by atoms with E-state index >= 15 is 0 Å². The van der Waals surface area contributed by atoms with E-state index in [2.05, 4.69) is 215 Å². The largest absolute Gasteiger partial charge is 0.309 e. The van der Waals surface area contributed by atoms with E-state index < -0.39 is 5.41 Å². The Hall–Kier alpha value is -6.64. The molecule has 8 aromatic carbocycles. The van der Waals surface area contributed by atoms with Crippen LogP contribution in [0.5, 0.6) is 0 Å². The zero-order chi connectivity index (χ0) is 33.8. The minimum absolute atomic E-state index is 0.538. The molecule has 10 rings (SSSR count). The van der Waals surface area contributed by atoms with Crippen LogP contribution in [0.2, 0.25) is 0 Å². The molecule has 0 fully saturated rings. The van der Waals surface area contributed by atoms with Crippen LogP contribution >= 0.6 is 0 Å². The van der Waals surface area contributed by atoms with Gasteiger partial charge in [-0.25, -0.2) is 0 Å². The number of fused-ring (bicyclic) bond motifs is 6. The smallest absolute Gasteiger partial charge is 0.0701 e. The van der Waals surface area contributed by atoms with Crippen LogP contribution in [0.15, 0.2) is 206 Å². The second kappa shape index (κ2) is 11.8. The zero-order valence-electron chi connectivity index (χ0n) is 28.0. The van der Waals surface area contributed by atoms with Crippen molar-refractivity contribution in [2.45, 2.75) is 5.41 Å². The molecule has 2 heterocycles. The Balaban J connectivity index is 1.32. The van der Waals surface area contributed by atoms with Crippen molar-refractivity contribution >= 4 is 43.6 Å². The van der Waals surface area contributed by atoms with Crippen molar-refractivity contribution in [2.75, 3.05) is 0 Å². The molecule has 0 N–H and O–H groups in total. The van der Waals surface area contributed by atoms with Crippen molar-refractivity contribution in [3.8, 4) is 11.4 Å². The SMILES string of the molecule is c1ccc(-n2c3ccc(-n4c5ccccc5c5ccccc54)cc3c3cc(C(c4ccccc4)(c4ccccc4)c4ccccc4)ccc32)cc1. The van der Waals surface area contributed by atoms with Crippen LogP contribution in [-0.2, 0) is 5.41 Å². The molecule has 2 aromatic heterocycles. The molecular weight excluding hydrogens is 617 g/mol. The molecule has 0 saturated heterocycles. The van der Waals surface area contributed by atoms with Crippen LogP contribution in [0.1, 0.15) is 22.3 Å². The molecule has 0 aliphatic heterocycles. The van der Waals surface area contributed by atoms with Crippen molar-refractivity contribution in [1.82, 2.24) is 9.13 Å². The fraction of sp³-hybridized carbons (Fsp3) is 0.0204. The highest BCUT2D eigenvalue weighted by Gasteiger charge is 2.38. The first-order valence-electron chi connectivity index (χ1n) is 17.6. The summed E-state index contributed by atoms with van der Waals surface area (Å²) in [6, 6.07) is 75.3.